The van der Waals surface area contributed by atoms with Crippen LogP contribution in [-0.2, 0) is 4.79 Å². The Labute approximate surface area is 108 Å². The lowest BCUT2D eigenvalue weighted by Crippen LogP contribution is -2.33. The highest BCUT2D eigenvalue weighted by Crippen LogP contribution is 2.34. The van der Waals surface area contributed by atoms with Crippen LogP contribution in [0.1, 0.15) is 19.3 Å². The summed E-state index contributed by atoms with van der Waals surface area (Å²) in [6.07, 6.45) is 2.68. The zero-order valence-electron chi connectivity index (χ0n) is 10.1. The van der Waals surface area contributed by atoms with Gasteiger partial charge in [-0.2, -0.15) is 0 Å². The fraction of sp³-hybridized carbons (Fsp3) is 0.462. The summed E-state index contributed by atoms with van der Waals surface area (Å²) in [6.45, 7) is 0. The summed E-state index contributed by atoms with van der Waals surface area (Å²) < 4.78 is 39.2. The molecule has 1 aromatic rings. The van der Waals surface area contributed by atoms with Gasteiger partial charge < -0.3 is 10.6 Å². The van der Waals surface area contributed by atoms with Crippen molar-refractivity contribution in [2.45, 2.75) is 31.3 Å². The molecule has 2 aliphatic heterocycles. The van der Waals surface area contributed by atoms with Crippen molar-refractivity contribution in [3.63, 3.8) is 0 Å². The van der Waals surface area contributed by atoms with Crippen LogP contribution in [0.25, 0.3) is 0 Å². The lowest BCUT2D eigenvalue weighted by Gasteiger charge is -2.19. The second kappa shape index (κ2) is 4.52. The van der Waals surface area contributed by atoms with Crippen LogP contribution in [0.15, 0.2) is 12.1 Å². The van der Waals surface area contributed by atoms with E-state index in [0.717, 1.165) is 12.8 Å². The van der Waals surface area contributed by atoms with E-state index in [1.165, 1.54) is 0 Å². The molecule has 0 aromatic heterocycles. The van der Waals surface area contributed by atoms with Crippen molar-refractivity contribution in [2.24, 2.45) is 5.92 Å². The van der Waals surface area contributed by atoms with Gasteiger partial charge in [-0.3, -0.25) is 4.79 Å². The fourth-order valence-electron chi connectivity index (χ4n) is 2.96. The topological polar surface area (TPSA) is 41.1 Å². The molecule has 3 unspecified atom stereocenters. The van der Waals surface area contributed by atoms with Gasteiger partial charge in [-0.1, -0.05) is 0 Å². The van der Waals surface area contributed by atoms with Crippen LogP contribution in [0.2, 0.25) is 0 Å². The van der Waals surface area contributed by atoms with Crippen LogP contribution in [0.5, 0.6) is 0 Å². The molecule has 2 bridgehead atoms. The fourth-order valence-corrected chi connectivity index (χ4v) is 2.96. The molecule has 3 nitrogen and oxygen atoms in total. The molecule has 2 saturated heterocycles. The van der Waals surface area contributed by atoms with Crippen molar-refractivity contribution in [1.82, 2.24) is 5.32 Å². The number of rotatable bonds is 2. The van der Waals surface area contributed by atoms with E-state index in [1.807, 2.05) is 0 Å². The molecule has 0 saturated carbocycles. The van der Waals surface area contributed by atoms with Gasteiger partial charge in [-0.05, 0) is 19.3 Å². The maximum absolute atomic E-state index is 13.4. The number of nitrogens with one attached hydrogen (secondary N) is 2. The molecule has 0 spiro atoms. The van der Waals surface area contributed by atoms with Crippen molar-refractivity contribution in [3.05, 3.63) is 29.6 Å². The van der Waals surface area contributed by atoms with Gasteiger partial charge in [0.25, 0.3) is 0 Å². The van der Waals surface area contributed by atoms with Crippen molar-refractivity contribution < 1.29 is 18.0 Å². The Morgan fingerprint density at radius 2 is 1.89 bits per heavy atom. The van der Waals surface area contributed by atoms with Gasteiger partial charge in [0.15, 0.2) is 11.6 Å². The SMILES string of the molecule is O=C(Nc1cc(F)c(F)cc1F)C1CC2CCC1N2. The van der Waals surface area contributed by atoms with Crippen molar-refractivity contribution >= 4 is 11.6 Å². The highest BCUT2D eigenvalue weighted by Gasteiger charge is 2.42. The molecule has 0 radical (unpaired) electrons. The average molecular weight is 270 g/mol. The number of halogens is 3. The Balaban J connectivity index is 1.75. The molecular formula is C13H13F3N2O. The second-order valence-electron chi connectivity index (χ2n) is 5.13. The lowest BCUT2D eigenvalue weighted by molar-refractivity contribution is -0.120. The normalized spacial score (nSPS) is 28.7. The summed E-state index contributed by atoms with van der Waals surface area (Å²) >= 11 is 0. The van der Waals surface area contributed by atoms with Crippen LogP contribution in [-0.4, -0.2) is 18.0 Å². The minimum absolute atomic E-state index is 0.110. The first-order valence-corrected chi connectivity index (χ1v) is 6.26. The van der Waals surface area contributed by atoms with E-state index in [9.17, 15) is 18.0 Å². The number of benzene rings is 1. The van der Waals surface area contributed by atoms with Crippen molar-refractivity contribution in [2.75, 3.05) is 5.32 Å². The summed E-state index contributed by atoms with van der Waals surface area (Å²) in [6, 6.07) is 1.56. The van der Waals surface area contributed by atoms with E-state index >= 15 is 0 Å². The Morgan fingerprint density at radius 3 is 2.53 bits per heavy atom. The Hall–Kier alpha value is -1.56. The molecule has 2 aliphatic rings. The molecule has 2 N–H and O–H groups in total. The van der Waals surface area contributed by atoms with Crippen LogP contribution in [0, 0.1) is 23.4 Å². The van der Waals surface area contributed by atoms with Crippen molar-refractivity contribution in [3.8, 4) is 0 Å². The van der Waals surface area contributed by atoms with Gasteiger partial charge >= 0.3 is 0 Å². The predicted molar refractivity (Wildman–Crippen MR) is 63.0 cm³/mol. The van der Waals surface area contributed by atoms with Crippen LogP contribution in [0.4, 0.5) is 18.9 Å². The van der Waals surface area contributed by atoms with Gasteiger partial charge in [0.05, 0.1) is 11.6 Å². The van der Waals surface area contributed by atoms with Crippen molar-refractivity contribution in [1.29, 1.82) is 0 Å². The average Bonchev–Trinajstić information content (AvgIpc) is 2.98. The summed E-state index contributed by atoms with van der Waals surface area (Å²) in [5.74, 6) is -3.99. The maximum Gasteiger partial charge on any atom is 0.229 e. The molecule has 1 amide bonds. The number of amides is 1. The van der Waals surface area contributed by atoms with Crippen LogP contribution >= 0.6 is 0 Å². The highest BCUT2D eigenvalue weighted by atomic mass is 19.2. The minimum Gasteiger partial charge on any atom is -0.323 e. The van der Waals surface area contributed by atoms with Gasteiger partial charge in [0.1, 0.15) is 5.82 Å². The van der Waals surface area contributed by atoms with E-state index in [1.54, 1.807) is 0 Å². The molecule has 0 aliphatic carbocycles. The van der Waals surface area contributed by atoms with Gasteiger partial charge in [0, 0.05) is 24.2 Å². The monoisotopic (exact) mass is 270 g/mol. The minimum atomic E-state index is -1.27. The molecule has 3 atom stereocenters. The van der Waals surface area contributed by atoms with E-state index in [0.29, 0.717) is 24.6 Å². The molecule has 102 valence electrons. The molecule has 3 rings (SSSR count). The standard InChI is InChI=1S/C13H13F3N2O/c14-8-4-10(16)12(5-9(8)15)18-13(19)7-3-6-1-2-11(7)17-6/h4-7,11,17H,1-3H2,(H,18,19). The summed E-state index contributed by atoms with van der Waals surface area (Å²) in [7, 11) is 0. The maximum atomic E-state index is 13.4. The van der Waals surface area contributed by atoms with Gasteiger partial charge in [-0.15, -0.1) is 0 Å². The number of fused-ring (bicyclic) bond motifs is 2. The molecule has 1 aromatic carbocycles. The predicted octanol–water partition coefficient (Wildman–Crippen LogP) is 2.18. The van der Waals surface area contributed by atoms with E-state index in [-0.39, 0.29) is 23.6 Å². The number of hydrogen-bond acceptors (Lipinski definition) is 2. The highest BCUT2D eigenvalue weighted by molar-refractivity contribution is 5.93. The number of hydrogen-bond donors (Lipinski definition) is 2. The zero-order chi connectivity index (χ0) is 13.6. The molecule has 2 heterocycles. The molecule has 2 fully saturated rings. The summed E-state index contributed by atoms with van der Waals surface area (Å²) in [4.78, 5) is 12.0. The zero-order valence-corrected chi connectivity index (χ0v) is 10.1. The van der Waals surface area contributed by atoms with Gasteiger partial charge in [0.2, 0.25) is 5.91 Å². The van der Waals surface area contributed by atoms with E-state index in [2.05, 4.69) is 10.6 Å². The Morgan fingerprint density at radius 1 is 1.16 bits per heavy atom. The molecular weight excluding hydrogens is 257 g/mol. The third-order valence-corrected chi connectivity index (χ3v) is 3.90. The smallest absolute Gasteiger partial charge is 0.229 e. The first-order chi connectivity index (χ1) is 9.04. The quantitative estimate of drug-likeness (QED) is 0.809. The summed E-state index contributed by atoms with van der Waals surface area (Å²) in [5.41, 5.74) is -0.313. The lowest BCUT2D eigenvalue weighted by atomic mass is 9.88. The van der Waals surface area contributed by atoms with E-state index < -0.39 is 17.5 Å². The number of carbonyl (C=O) groups is 1. The molecule has 19 heavy (non-hydrogen) atoms. The first kappa shape index (κ1) is 12.5. The molecule has 6 heteroatoms. The first-order valence-electron chi connectivity index (χ1n) is 6.26. The second-order valence-corrected chi connectivity index (χ2v) is 5.13. The van der Waals surface area contributed by atoms with E-state index in [4.69, 9.17) is 0 Å². The summed E-state index contributed by atoms with van der Waals surface area (Å²) in [5, 5.41) is 5.64. The third-order valence-electron chi connectivity index (χ3n) is 3.90. The number of anilines is 1. The Bertz CT molecular complexity index is 535. The van der Waals surface area contributed by atoms with Crippen LogP contribution < -0.4 is 10.6 Å². The number of carbonyl (C=O) groups excluding carboxylic acids is 1. The van der Waals surface area contributed by atoms with Gasteiger partial charge in [-0.25, -0.2) is 13.2 Å². The van der Waals surface area contributed by atoms with Crippen LogP contribution in [0.3, 0.4) is 0 Å². The Kier molecular flexibility index (Phi) is 2.97. The third kappa shape index (κ3) is 2.20. The largest absolute Gasteiger partial charge is 0.323 e.